The fourth-order valence-corrected chi connectivity index (χ4v) is 3.51. The molecule has 132 valence electrons. The first kappa shape index (κ1) is 18.2. The summed E-state index contributed by atoms with van der Waals surface area (Å²) in [5.41, 5.74) is 1.56. The van der Waals surface area contributed by atoms with Crippen LogP contribution < -0.4 is 0 Å². The van der Waals surface area contributed by atoms with Crippen LogP contribution in [0.3, 0.4) is 0 Å². The second kappa shape index (κ2) is 7.76. The van der Waals surface area contributed by atoms with Gasteiger partial charge < -0.3 is 5.11 Å². The molecular formula is C19H16ClN3O2S. The number of aliphatic hydroxyl groups excluding tert-OH is 1. The molecule has 3 aromatic rings. The number of rotatable bonds is 5. The van der Waals surface area contributed by atoms with Crippen molar-refractivity contribution in [1.82, 2.24) is 14.8 Å². The van der Waals surface area contributed by atoms with Crippen molar-refractivity contribution in [2.75, 3.05) is 0 Å². The Bertz CT molecular complexity index is 979. The fraction of sp³-hybridized carbons (Fsp3) is 0.105. The Morgan fingerprint density at radius 2 is 1.69 bits per heavy atom. The number of allylic oxidation sites excluding steroid dienone is 2. The number of benzene rings is 2. The van der Waals surface area contributed by atoms with Crippen molar-refractivity contribution >= 4 is 29.1 Å². The van der Waals surface area contributed by atoms with E-state index in [-0.39, 0.29) is 16.4 Å². The molecule has 0 spiro atoms. The number of thioether (sulfide) groups is 1. The Morgan fingerprint density at radius 3 is 2.31 bits per heavy atom. The molecule has 0 bridgehead atoms. The molecule has 0 aliphatic heterocycles. The van der Waals surface area contributed by atoms with Gasteiger partial charge in [0.2, 0.25) is 5.16 Å². The fourth-order valence-electron chi connectivity index (χ4n) is 2.45. The summed E-state index contributed by atoms with van der Waals surface area (Å²) in [6.07, 6.45) is 0. The van der Waals surface area contributed by atoms with Gasteiger partial charge in [-0.3, -0.25) is 9.36 Å². The van der Waals surface area contributed by atoms with Crippen molar-refractivity contribution < 1.29 is 9.90 Å². The van der Waals surface area contributed by atoms with Gasteiger partial charge in [-0.25, -0.2) is 0 Å². The number of carbonyl (C=O) groups excluding carboxylic acids is 1. The molecule has 0 radical (unpaired) electrons. The van der Waals surface area contributed by atoms with Crippen molar-refractivity contribution in [2.24, 2.45) is 0 Å². The summed E-state index contributed by atoms with van der Waals surface area (Å²) >= 11 is 7.42. The lowest BCUT2D eigenvalue weighted by Crippen LogP contribution is -2.02. The molecule has 1 aromatic heterocycles. The monoisotopic (exact) mass is 385 g/mol. The highest BCUT2D eigenvalue weighted by atomic mass is 35.5. The molecule has 2 aromatic carbocycles. The van der Waals surface area contributed by atoms with E-state index in [0.717, 1.165) is 23.0 Å². The zero-order chi connectivity index (χ0) is 18.7. The molecule has 0 aliphatic rings. The molecule has 26 heavy (non-hydrogen) atoms. The van der Waals surface area contributed by atoms with E-state index in [1.54, 1.807) is 6.07 Å². The Labute approximate surface area is 160 Å². The molecule has 0 saturated carbocycles. The summed E-state index contributed by atoms with van der Waals surface area (Å²) in [7, 11) is 0. The van der Waals surface area contributed by atoms with Gasteiger partial charge in [-0.15, -0.1) is 10.2 Å². The van der Waals surface area contributed by atoms with Crippen LogP contribution in [-0.4, -0.2) is 25.7 Å². The van der Waals surface area contributed by atoms with E-state index < -0.39 is 0 Å². The van der Waals surface area contributed by atoms with Crippen LogP contribution in [0.15, 0.2) is 70.4 Å². The molecule has 5 nitrogen and oxygen atoms in total. The highest BCUT2D eigenvalue weighted by Crippen LogP contribution is 2.35. The number of nitrogens with zero attached hydrogens (tertiary/aromatic N) is 3. The maximum Gasteiger partial charge on any atom is 0.201 e. The molecular weight excluding hydrogens is 370 g/mol. The summed E-state index contributed by atoms with van der Waals surface area (Å²) in [6, 6.07) is 16.9. The molecule has 7 heteroatoms. The van der Waals surface area contributed by atoms with E-state index >= 15 is 0 Å². The van der Waals surface area contributed by atoms with E-state index in [4.69, 9.17) is 11.6 Å². The molecule has 0 aliphatic carbocycles. The van der Waals surface area contributed by atoms with Crippen LogP contribution >= 0.6 is 23.4 Å². The second-order valence-electron chi connectivity index (χ2n) is 5.53. The maximum atomic E-state index is 11.9. The van der Waals surface area contributed by atoms with Crippen LogP contribution in [0.25, 0.3) is 17.1 Å². The SMILES string of the molecule is CC(=O)C(Sc1nnc(-c2ccccc2Cl)n1-c1ccccc1)=C(C)O. The third-order valence-corrected chi connectivity index (χ3v) is 5.17. The second-order valence-corrected chi connectivity index (χ2v) is 6.91. The summed E-state index contributed by atoms with van der Waals surface area (Å²) in [5, 5.41) is 19.4. The molecule has 0 unspecified atom stereocenters. The van der Waals surface area contributed by atoms with Gasteiger partial charge in [0.1, 0.15) is 5.76 Å². The average Bonchev–Trinajstić information content (AvgIpc) is 3.03. The van der Waals surface area contributed by atoms with Crippen LogP contribution in [0.2, 0.25) is 5.02 Å². The van der Waals surface area contributed by atoms with Crippen LogP contribution in [0.5, 0.6) is 0 Å². The van der Waals surface area contributed by atoms with Crippen molar-refractivity contribution in [3.63, 3.8) is 0 Å². The first-order valence-electron chi connectivity index (χ1n) is 7.83. The molecule has 1 N–H and O–H groups in total. The number of ketones is 1. The molecule has 0 saturated heterocycles. The van der Waals surface area contributed by atoms with E-state index in [2.05, 4.69) is 10.2 Å². The lowest BCUT2D eigenvalue weighted by Gasteiger charge is -2.11. The summed E-state index contributed by atoms with van der Waals surface area (Å²) in [4.78, 5) is 12.1. The van der Waals surface area contributed by atoms with Gasteiger partial charge in [0.25, 0.3) is 0 Å². The number of halogens is 1. The minimum absolute atomic E-state index is 0.0515. The van der Waals surface area contributed by atoms with Gasteiger partial charge in [-0.2, -0.15) is 0 Å². The predicted molar refractivity (Wildman–Crippen MR) is 104 cm³/mol. The number of carbonyl (C=O) groups is 1. The predicted octanol–water partition coefficient (Wildman–Crippen LogP) is 5.06. The third kappa shape index (κ3) is 3.66. The van der Waals surface area contributed by atoms with Crippen molar-refractivity contribution in [1.29, 1.82) is 0 Å². The summed E-state index contributed by atoms with van der Waals surface area (Å²) < 4.78 is 1.82. The zero-order valence-electron chi connectivity index (χ0n) is 14.2. The molecule has 0 amide bonds. The van der Waals surface area contributed by atoms with Crippen molar-refractivity contribution in [3.8, 4) is 17.1 Å². The number of aromatic nitrogens is 3. The lowest BCUT2D eigenvalue weighted by atomic mass is 10.2. The number of hydrogen-bond acceptors (Lipinski definition) is 5. The lowest BCUT2D eigenvalue weighted by molar-refractivity contribution is -0.113. The van der Waals surface area contributed by atoms with Gasteiger partial charge in [0.15, 0.2) is 11.6 Å². The average molecular weight is 386 g/mol. The molecule has 1 heterocycles. The Kier molecular flexibility index (Phi) is 5.44. The molecule has 0 fully saturated rings. The number of Topliss-reactive ketones (excluding diaryl/α,β-unsaturated/α-hetero) is 1. The number of hydrogen-bond donors (Lipinski definition) is 1. The van der Waals surface area contributed by atoms with Gasteiger partial charge in [0.05, 0.1) is 9.93 Å². The molecule has 0 atom stereocenters. The summed E-state index contributed by atoms with van der Waals surface area (Å²) in [6.45, 7) is 2.88. The first-order valence-corrected chi connectivity index (χ1v) is 9.03. The van der Waals surface area contributed by atoms with E-state index in [9.17, 15) is 9.90 Å². The standard InChI is InChI=1S/C19H16ClN3O2S/c1-12(24)17(13(2)25)26-19-22-21-18(15-10-6-7-11-16(15)20)23(19)14-8-4-3-5-9-14/h3-11,24H,1-2H3. The normalized spacial score (nSPS) is 12.0. The van der Waals surface area contributed by atoms with E-state index in [1.165, 1.54) is 13.8 Å². The third-order valence-electron chi connectivity index (χ3n) is 3.60. The van der Waals surface area contributed by atoms with Gasteiger partial charge >= 0.3 is 0 Å². The highest BCUT2D eigenvalue weighted by Gasteiger charge is 2.21. The Balaban J connectivity index is 2.20. The Morgan fingerprint density at radius 1 is 1.04 bits per heavy atom. The van der Waals surface area contributed by atoms with Crippen LogP contribution in [0.1, 0.15) is 13.8 Å². The Hall–Kier alpha value is -2.57. The largest absolute Gasteiger partial charge is 0.511 e. The van der Waals surface area contributed by atoms with Gasteiger partial charge in [0, 0.05) is 11.3 Å². The van der Waals surface area contributed by atoms with E-state index in [0.29, 0.717) is 16.0 Å². The van der Waals surface area contributed by atoms with Crippen LogP contribution in [-0.2, 0) is 4.79 Å². The van der Waals surface area contributed by atoms with Gasteiger partial charge in [-0.05, 0) is 49.9 Å². The molecule has 3 rings (SSSR count). The van der Waals surface area contributed by atoms with E-state index in [1.807, 2.05) is 53.1 Å². The van der Waals surface area contributed by atoms with Crippen molar-refractivity contribution in [2.45, 2.75) is 19.0 Å². The topological polar surface area (TPSA) is 68.0 Å². The quantitative estimate of drug-likeness (QED) is 0.377. The first-order chi connectivity index (χ1) is 12.5. The van der Waals surface area contributed by atoms with Crippen molar-refractivity contribution in [3.05, 3.63) is 70.3 Å². The summed E-state index contributed by atoms with van der Waals surface area (Å²) in [5.74, 6) is 0.268. The smallest absolute Gasteiger partial charge is 0.201 e. The highest BCUT2D eigenvalue weighted by molar-refractivity contribution is 8.03. The minimum Gasteiger partial charge on any atom is -0.511 e. The minimum atomic E-state index is -0.239. The number of aliphatic hydroxyl groups is 1. The zero-order valence-corrected chi connectivity index (χ0v) is 15.8. The van der Waals surface area contributed by atoms with Crippen LogP contribution in [0.4, 0.5) is 0 Å². The van der Waals surface area contributed by atoms with Crippen LogP contribution in [0, 0.1) is 0 Å². The maximum absolute atomic E-state index is 11.9. The van der Waals surface area contributed by atoms with Gasteiger partial charge in [-0.1, -0.05) is 41.9 Å². The number of para-hydroxylation sites is 1.